The van der Waals surface area contributed by atoms with Gasteiger partial charge in [-0.1, -0.05) is 34.6 Å². The molecule has 1 amide bonds. The van der Waals surface area contributed by atoms with Crippen LogP contribution in [0.4, 0.5) is 0 Å². The number of nitrogens with one attached hydrogen (secondary N) is 1. The molecule has 112 valence electrons. The summed E-state index contributed by atoms with van der Waals surface area (Å²) in [5.41, 5.74) is 0.0660. The molecule has 0 aliphatic rings. The van der Waals surface area contributed by atoms with Crippen molar-refractivity contribution in [3.63, 3.8) is 0 Å². The van der Waals surface area contributed by atoms with Gasteiger partial charge in [-0.2, -0.15) is 0 Å². The van der Waals surface area contributed by atoms with E-state index in [1.807, 2.05) is 13.8 Å². The van der Waals surface area contributed by atoms with E-state index in [9.17, 15) is 9.59 Å². The first-order chi connectivity index (χ1) is 8.68. The number of carboxylic acids is 1. The smallest absolute Gasteiger partial charge is 0.303 e. The molecule has 19 heavy (non-hydrogen) atoms. The predicted molar refractivity (Wildman–Crippen MR) is 76.9 cm³/mol. The third-order valence-electron chi connectivity index (χ3n) is 3.78. The molecular weight excluding hydrogens is 242 g/mol. The van der Waals surface area contributed by atoms with Gasteiger partial charge >= 0.3 is 5.97 Å². The van der Waals surface area contributed by atoms with E-state index >= 15 is 0 Å². The Hall–Kier alpha value is -1.06. The molecule has 0 rings (SSSR count). The topological polar surface area (TPSA) is 66.4 Å². The summed E-state index contributed by atoms with van der Waals surface area (Å²) in [6.45, 7) is 10.9. The molecule has 0 aliphatic heterocycles. The Bertz CT molecular complexity index is 294. The number of carbonyl (C=O) groups is 2. The number of hydrogen-bond donors (Lipinski definition) is 2. The minimum atomic E-state index is -0.752. The normalized spacial score (nSPS) is 14.8. The Balaban J connectivity index is 4.20. The second kappa shape index (κ2) is 8.18. The van der Waals surface area contributed by atoms with Crippen molar-refractivity contribution in [2.24, 2.45) is 17.3 Å². The number of carbonyl (C=O) groups excluding carboxylic acids is 1. The molecule has 0 heterocycles. The maximum atomic E-state index is 11.7. The summed E-state index contributed by atoms with van der Waals surface area (Å²) in [6.07, 6.45) is 2.53. The van der Waals surface area contributed by atoms with Crippen LogP contribution < -0.4 is 5.32 Å². The fourth-order valence-electron chi connectivity index (χ4n) is 2.04. The molecule has 0 aliphatic carbocycles. The van der Waals surface area contributed by atoms with Crippen LogP contribution in [-0.2, 0) is 9.59 Å². The van der Waals surface area contributed by atoms with Gasteiger partial charge in [-0.15, -0.1) is 0 Å². The molecule has 2 atom stereocenters. The quantitative estimate of drug-likeness (QED) is 0.713. The van der Waals surface area contributed by atoms with Crippen LogP contribution in [0.15, 0.2) is 0 Å². The Morgan fingerprint density at radius 1 is 1.21 bits per heavy atom. The molecule has 4 nitrogen and oxygen atoms in total. The highest BCUT2D eigenvalue weighted by molar-refractivity contribution is 5.78. The van der Waals surface area contributed by atoms with E-state index in [4.69, 9.17) is 5.11 Å². The van der Waals surface area contributed by atoms with Gasteiger partial charge in [0.15, 0.2) is 0 Å². The van der Waals surface area contributed by atoms with Gasteiger partial charge in [-0.3, -0.25) is 9.59 Å². The number of hydrogen-bond acceptors (Lipinski definition) is 2. The van der Waals surface area contributed by atoms with Gasteiger partial charge in [0, 0.05) is 18.9 Å². The number of aliphatic carboxylic acids is 1. The van der Waals surface area contributed by atoms with Crippen molar-refractivity contribution in [3.8, 4) is 0 Å². The number of amides is 1. The van der Waals surface area contributed by atoms with Crippen molar-refractivity contribution < 1.29 is 14.7 Å². The molecule has 2 N–H and O–H groups in total. The molecule has 0 fully saturated rings. The highest BCUT2D eigenvalue weighted by Crippen LogP contribution is 2.32. The Morgan fingerprint density at radius 2 is 1.79 bits per heavy atom. The van der Waals surface area contributed by atoms with Crippen LogP contribution in [-0.4, -0.2) is 23.5 Å². The summed E-state index contributed by atoms with van der Waals surface area (Å²) in [4.78, 5) is 22.3. The van der Waals surface area contributed by atoms with E-state index in [1.54, 1.807) is 0 Å². The molecule has 2 unspecified atom stereocenters. The first-order valence-corrected chi connectivity index (χ1v) is 7.18. The summed E-state index contributed by atoms with van der Waals surface area (Å²) in [7, 11) is 0. The minimum Gasteiger partial charge on any atom is -0.481 e. The molecule has 0 bridgehead atoms. The lowest BCUT2D eigenvalue weighted by atomic mass is 9.76. The van der Waals surface area contributed by atoms with Crippen molar-refractivity contribution in [2.45, 2.75) is 60.3 Å². The third kappa shape index (κ3) is 7.85. The minimum absolute atomic E-state index is 0.0482. The summed E-state index contributed by atoms with van der Waals surface area (Å²) in [5, 5.41) is 11.7. The zero-order valence-electron chi connectivity index (χ0n) is 13.0. The number of rotatable bonds is 8. The van der Waals surface area contributed by atoms with Crippen molar-refractivity contribution >= 4 is 11.9 Å². The van der Waals surface area contributed by atoms with Gasteiger partial charge in [0.2, 0.25) is 5.91 Å². The lowest BCUT2D eigenvalue weighted by Gasteiger charge is -2.30. The van der Waals surface area contributed by atoms with E-state index in [0.717, 1.165) is 12.8 Å². The fourth-order valence-corrected chi connectivity index (χ4v) is 2.04. The average molecular weight is 271 g/mol. The van der Waals surface area contributed by atoms with Crippen LogP contribution >= 0.6 is 0 Å². The molecule has 0 radical (unpaired) electrons. The van der Waals surface area contributed by atoms with Gasteiger partial charge in [-0.05, 0) is 30.6 Å². The van der Waals surface area contributed by atoms with E-state index < -0.39 is 5.97 Å². The van der Waals surface area contributed by atoms with Gasteiger partial charge < -0.3 is 10.4 Å². The Labute approximate surface area is 117 Å². The fraction of sp³-hybridized carbons (Fsp3) is 0.867. The first kappa shape index (κ1) is 17.9. The monoisotopic (exact) mass is 271 g/mol. The molecule has 0 saturated heterocycles. The second-order valence-electron chi connectivity index (χ2n) is 6.38. The molecule has 0 aromatic heterocycles. The molecule has 4 heteroatoms. The molecule has 0 saturated carbocycles. The summed E-state index contributed by atoms with van der Waals surface area (Å²) in [6, 6.07) is 0. The standard InChI is InChI=1S/C15H29NO3/c1-6-11(2)14(19)16-10-9-12(15(3,4)5)7-8-13(17)18/h11-12H,6-10H2,1-5H3,(H,16,19)(H,17,18). The highest BCUT2D eigenvalue weighted by atomic mass is 16.4. The van der Waals surface area contributed by atoms with Gasteiger partial charge in [-0.25, -0.2) is 0 Å². The van der Waals surface area contributed by atoms with Crippen molar-refractivity contribution in [3.05, 3.63) is 0 Å². The SMILES string of the molecule is CCC(C)C(=O)NCCC(CCC(=O)O)C(C)(C)C. The first-order valence-electron chi connectivity index (χ1n) is 7.18. The lowest BCUT2D eigenvalue weighted by molar-refractivity contribution is -0.137. The molecular formula is C15H29NO3. The highest BCUT2D eigenvalue weighted by Gasteiger charge is 2.25. The summed E-state index contributed by atoms with van der Waals surface area (Å²) < 4.78 is 0. The van der Waals surface area contributed by atoms with Crippen LogP contribution in [0.3, 0.4) is 0 Å². The molecule has 0 aromatic rings. The zero-order valence-corrected chi connectivity index (χ0v) is 13.0. The van der Waals surface area contributed by atoms with E-state index in [2.05, 4.69) is 26.1 Å². The molecule has 0 spiro atoms. The molecule has 0 aromatic carbocycles. The van der Waals surface area contributed by atoms with Crippen LogP contribution in [0.1, 0.15) is 60.3 Å². The van der Waals surface area contributed by atoms with Crippen LogP contribution in [0, 0.1) is 17.3 Å². The second-order valence-corrected chi connectivity index (χ2v) is 6.38. The van der Waals surface area contributed by atoms with Crippen LogP contribution in [0.25, 0.3) is 0 Å². The van der Waals surface area contributed by atoms with E-state index in [1.165, 1.54) is 0 Å². The zero-order chi connectivity index (χ0) is 15.1. The number of carboxylic acid groups (broad SMARTS) is 1. The Kier molecular flexibility index (Phi) is 7.72. The Morgan fingerprint density at radius 3 is 2.21 bits per heavy atom. The van der Waals surface area contributed by atoms with Gasteiger partial charge in [0.1, 0.15) is 0 Å². The largest absolute Gasteiger partial charge is 0.481 e. The van der Waals surface area contributed by atoms with Crippen molar-refractivity contribution in [1.82, 2.24) is 5.32 Å². The van der Waals surface area contributed by atoms with Crippen LogP contribution in [0.5, 0.6) is 0 Å². The maximum absolute atomic E-state index is 11.7. The van der Waals surface area contributed by atoms with Gasteiger partial charge in [0.05, 0.1) is 0 Å². The van der Waals surface area contributed by atoms with E-state index in [-0.39, 0.29) is 23.7 Å². The van der Waals surface area contributed by atoms with Crippen LogP contribution in [0.2, 0.25) is 0 Å². The maximum Gasteiger partial charge on any atom is 0.303 e. The van der Waals surface area contributed by atoms with Gasteiger partial charge in [0.25, 0.3) is 0 Å². The van der Waals surface area contributed by atoms with Crippen molar-refractivity contribution in [1.29, 1.82) is 0 Å². The van der Waals surface area contributed by atoms with E-state index in [0.29, 0.717) is 18.9 Å². The third-order valence-corrected chi connectivity index (χ3v) is 3.78. The average Bonchev–Trinajstić information content (AvgIpc) is 2.30. The predicted octanol–water partition coefficient (Wildman–Crippen LogP) is 3.07. The summed E-state index contributed by atoms with van der Waals surface area (Å²) in [5.74, 6) is -0.306. The summed E-state index contributed by atoms with van der Waals surface area (Å²) >= 11 is 0. The van der Waals surface area contributed by atoms with Crippen molar-refractivity contribution in [2.75, 3.05) is 6.54 Å². The lowest BCUT2D eigenvalue weighted by Crippen LogP contribution is -2.32.